The fourth-order valence-electron chi connectivity index (χ4n) is 1.28. The standard InChI is InChI=1S/C10H14N2O2/c13-7-5-11-9-1-2-10(4-3-9)12-6-8-14/h1-2,7-8,11-12H,3-6H2. The zero-order chi connectivity index (χ0) is 10.2. The molecule has 4 heteroatoms. The van der Waals surface area contributed by atoms with Gasteiger partial charge in [-0.15, -0.1) is 0 Å². The van der Waals surface area contributed by atoms with Gasteiger partial charge in [0.15, 0.2) is 0 Å². The van der Waals surface area contributed by atoms with Crippen molar-refractivity contribution in [3.63, 3.8) is 0 Å². The largest absolute Gasteiger partial charge is 0.382 e. The lowest BCUT2D eigenvalue weighted by molar-refractivity contribution is -0.107. The van der Waals surface area contributed by atoms with Gasteiger partial charge in [-0.05, 0) is 25.0 Å². The molecule has 0 aliphatic heterocycles. The summed E-state index contributed by atoms with van der Waals surface area (Å²) in [6.07, 6.45) is 7.30. The zero-order valence-electron chi connectivity index (χ0n) is 7.95. The first-order chi connectivity index (χ1) is 6.86. The molecule has 1 rings (SSSR count). The third-order valence-corrected chi connectivity index (χ3v) is 1.97. The second-order valence-electron chi connectivity index (χ2n) is 2.98. The van der Waals surface area contributed by atoms with Gasteiger partial charge in [0, 0.05) is 11.4 Å². The topological polar surface area (TPSA) is 58.2 Å². The lowest BCUT2D eigenvalue weighted by atomic mass is 10.1. The Hall–Kier alpha value is -1.58. The molecule has 0 unspecified atom stereocenters. The number of hydrogen-bond acceptors (Lipinski definition) is 4. The maximum Gasteiger partial charge on any atom is 0.139 e. The first-order valence-electron chi connectivity index (χ1n) is 4.61. The molecule has 0 bridgehead atoms. The van der Waals surface area contributed by atoms with Crippen molar-refractivity contribution in [2.24, 2.45) is 0 Å². The monoisotopic (exact) mass is 194 g/mol. The van der Waals surface area contributed by atoms with Crippen molar-refractivity contribution in [1.82, 2.24) is 10.6 Å². The quantitative estimate of drug-likeness (QED) is 0.590. The number of carbonyl (C=O) groups excluding carboxylic acids is 2. The van der Waals surface area contributed by atoms with Crippen LogP contribution in [0.2, 0.25) is 0 Å². The second kappa shape index (κ2) is 5.96. The van der Waals surface area contributed by atoms with E-state index in [2.05, 4.69) is 10.6 Å². The van der Waals surface area contributed by atoms with Crippen LogP contribution in [0.3, 0.4) is 0 Å². The van der Waals surface area contributed by atoms with Gasteiger partial charge in [0.25, 0.3) is 0 Å². The fraction of sp³-hybridized carbons (Fsp3) is 0.400. The van der Waals surface area contributed by atoms with Crippen LogP contribution >= 0.6 is 0 Å². The number of rotatable bonds is 6. The number of carbonyl (C=O) groups is 2. The highest BCUT2D eigenvalue weighted by molar-refractivity contribution is 5.53. The maximum absolute atomic E-state index is 10.1. The van der Waals surface area contributed by atoms with Gasteiger partial charge in [-0.3, -0.25) is 0 Å². The Morgan fingerprint density at radius 2 is 1.43 bits per heavy atom. The molecule has 0 spiro atoms. The average Bonchev–Trinajstić information content (AvgIpc) is 2.25. The summed E-state index contributed by atoms with van der Waals surface area (Å²) in [5.41, 5.74) is 2.13. The van der Waals surface area contributed by atoms with E-state index in [-0.39, 0.29) is 0 Å². The summed E-state index contributed by atoms with van der Waals surface area (Å²) >= 11 is 0. The van der Waals surface area contributed by atoms with Gasteiger partial charge in [0.05, 0.1) is 13.1 Å². The summed E-state index contributed by atoms with van der Waals surface area (Å²) in [5.74, 6) is 0. The van der Waals surface area contributed by atoms with Crippen molar-refractivity contribution in [3.05, 3.63) is 23.5 Å². The maximum atomic E-state index is 10.1. The van der Waals surface area contributed by atoms with Crippen LogP contribution < -0.4 is 10.6 Å². The highest BCUT2D eigenvalue weighted by Crippen LogP contribution is 2.13. The van der Waals surface area contributed by atoms with Crippen LogP contribution in [0.25, 0.3) is 0 Å². The van der Waals surface area contributed by atoms with E-state index < -0.39 is 0 Å². The molecule has 0 radical (unpaired) electrons. The predicted molar refractivity (Wildman–Crippen MR) is 53.5 cm³/mol. The molecule has 76 valence electrons. The van der Waals surface area contributed by atoms with Crippen LogP contribution in [0.1, 0.15) is 12.8 Å². The Kier molecular flexibility index (Phi) is 4.47. The molecule has 1 aliphatic rings. The summed E-state index contributed by atoms with van der Waals surface area (Å²) < 4.78 is 0. The molecule has 4 nitrogen and oxygen atoms in total. The minimum absolute atomic E-state index is 0.358. The highest BCUT2D eigenvalue weighted by atomic mass is 16.1. The van der Waals surface area contributed by atoms with E-state index in [1.807, 2.05) is 12.2 Å². The van der Waals surface area contributed by atoms with Gasteiger partial charge in [0.1, 0.15) is 12.6 Å². The van der Waals surface area contributed by atoms with Crippen molar-refractivity contribution >= 4 is 12.6 Å². The molecule has 0 aromatic heterocycles. The Morgan fingerprint density at radius 3 is 1.71 bits per heavy atom. The van der Waals surface area contributed by atoms with Crippen LogP contribution in [0.15, 0.2) is 23.5 Å². The molecular formula is C10H14N2O2. The van der Waals surface area contributed by atoms with Gasteiger partial charge >= 0.3 is 0 Å². The molecule has 0 aromatic carbocycles. The molecule has 0 heterocycles. The van der Waals surface area contributed by atoms with Gasteiger partial charge in [0.2, 0.25) is 0 Å². The van der Waals surface area contributed by atoms with Crippen molar-refractivity contribution in [2.75, 3.05) is 13.1 Å². The van der Waals surface area contributed by atoms with E-state index in [1.165, 1.54) is 0 Å². The molecule has 0 fully saturated rings. The summed E-state index contributed by atoms with van der Waals surface area (Å²) in [6.45, 7) is 0.716. The summed E-state index contributed by atoms with van der Waals surface area (Å²) in [4.78, 5) is 20.2. The van der Waals surface area contributed by atoms with Crippen molar-refractivity contribution in [2.45, 2.75) is 12.8 Å². The van der Waals surface area contributed by atoms with Crippen LogP contribution in [0.4, 0.5) is 0 Å². The van der Waals surface area contributed by atoms with Crippen LogP contribution in [0, 0.1) is 0 Å². The molecule has 14 heavy (non-hydrogen) atoms. The molecule has 0 saturated heterocycles. The van der Waals surface area contributed by atoms with E-state index in [0.717, 1.165) is 36.8 Å². The summed E-state index contributed by atoms with van der Waals surface area (Å²) in [5, 5.41) is 6.00. The first kappa shape index (κ1) is 10.5. The fourth-order valence-corrected chi connectivity index (χ4v) is 1.28. The Morgan fingerprint density at radius 1 is 1.00 bits per heavy atom. The molecule has 1 aliphatic carbocycles. The Bertz CT molecular complexity index is 241. The molecule has 0 amide bonds. The third kappa shape index (κ3) is 3.43. The predicted octanol–water partition coefficient (Wildman–Crippen LogP) is 0.125. The molecular weight excluding hydrogens is 180 g/mol. The highest BCUT2D eigenvalue weighted by Gasteiger charge is 2.04. The molecule has 2 N–H and O–H groups in total. The Labute approximate surface area is 83.1 Å². The zero-order valence-corrected chi connectivity index (χ0v) is 7.95. The van der Waals surface area contributed by atoms with E-state index >= 15 is 0 Å². The lowest BCUT2D eigenvalue weighted by Gasteiger charge is -2.15. The third-order valence-electron chi connectivity index (χ3n) is 1.97. The van der Waals surface area contributed by atoms with E-state index in [4.69, 9.17) is 0 Å². The second-order valence-corrected chi connectivity index (χ2v) is 2.98. The summed E-state index contributed by atoms with van der Waals surface area (Å²) in [6, 6.07) is 0. The van der Waals surface area contributed by atoms with Gasteiger partial charge < -0.3 is 20.2 Å². The van der Waals surface area contributed by atoms with E-state index in [1.54, 1.807) is 0 Å². The van der Waals surface area contributed by atoms with Crippen molar-refractivity contribution in [1.29, 1.82) is 0 Å². The van der Waals surface area contributed by atoms with E-state index in [0.29, 0.717) is 13.1 Å². The minimum atomic E-state index is 0.358. The minimum Gasteiger partial charge on any atom is -0.382 e. The molecule has 0 aromatic rings. The number of nitrogens with one attached hydrogen (secondary N) is 2. The van der Waals surface area contributed by atoms with E-state index in [9.17, 15) is 9.59 Å². The number of aldehydes is 2. The SMILES string of the molecule is O=CCNC1=CC=C(NCC=O)CC1. The normalized spacial score (nSPS) is 15.1. The van der Waals surface area contributed by atoms with Gasteiger partial charge in [-0.2, -0.15) is 0 Å². The summed E-state index contributed by atoms with van der Waals surface area (Å²) in [7, 11) is 0. The van der Waals surface area contributed by atoms with Gasteiger partial charge in [-0.1, -0.05) is 0 Å². The average molecular weight is 194 g/mol. The Balaban J connectivity index is 2.38. The first-order valence-corrected chi connectivity index (χ1v) is 4.61. The number of hydrogen-bond donors (Lipinski definition) is 2. The number of allylic oxidation sites excluding steroid dienone is 4. The van der Waals surface area contributed by atoms with Gasteiger partial charge in [-0.25, -0.2) is 0 Å². The van der Waals surface area contributed by atoms with Crippen molar-refractivity contribution in [3.8, 4) is 0 Å². The van der Waals surface area contributed by atoms with Crippen LogP contribution in [0.5, 0.6) is 0 Å². The van der Waals surface area contributed by atoms with Crippen molar-refractivity contribution < 1.29 is 9.59 Å². The van der Waals surface area contributed by atoms with Crippen LogP contribution in [-0.4, -0.2) is 25.7 Å². The lowest BCUT2D eigenvalue weighted by Crippen LogP contribution is -2.21. The smallest absolute Gasteiger partial charge is 0.139 e. The molecule has 0 atom stereocenters. The molecule has 0 saturated carbocycles. The van der Waals surface area contributed by atoms with Crippen LogP contribution in [-0.2, 0) is 9.59 Å².